The fourth-order valence-electron chi connectivity index (χ4n) is 4.68. The average molecular weight is 581 g/mol. The van der Waals surface area contributed by atoms with Crippen molar-refractivity contribution in [2.75, 3.05) is 52.3 Å². The lowest BCUT2D eigenvalue weighted by molar-refractivity contribution is -0.0437. The monoisotopic (exact) mass is 580 g/mol. The van der Waals surface area contributed by atoms with Crippen molar-refractivity contribution in [3.8, 4) is 0 Å². The molecule has 0 unspecified atom stereocenters. The molecule has 208 valence electrons. The average Bonchev–Trinajstić information content (AvgIpc) is 3.36. The smallest absolute Gasteiger partial charge is 0.370 e. The van der Waals surface area contributed by atoms with E-state index >= 15 is 0 Å². The number of nitrogens with zero attached hydrogens (tertiary/aromatic N) is 6. The first-order valence-corrected chi connectivity index (χ1v) is 15.0. The first kappa shape index (κ1) is 27.2. The number of hydrogen-bond donors (Lipinski definition) is 2. The number of aromatic nitrogens is 4. The van der Waals surface area contributed by atoms with E-state index in [2.05, 4.69) is 35.5 Å². The lowest BCUT2D eigenvalue weighted by Gasteiger charge is -2.32. The van der Waals surface area contributed by atoms with Gasteiger partial charge in [0.1, 0.15) is 11.6 Å². The van der Waals surface area contributed by atoms with Crippen LogP contribution in [0.1, 0.15) is 18.4 Å². The summed E-state index contributed by atoms with van der Waals surface area (Å²) in [5, 5.41) is 7.15. The van der Waals surface area contributed by atoms with Gasteiger partial charge in [0.25, 0.3) is 0 Å². The van der Waals surface area contributed by atoms with E-state index in [0.717, 1.165) is 38.4 Å². The topological polar surface area (TPSA) is 116 Å². The molecule has 2 N–H and O–H groups in total. The molecule has 2 aliphatic heterocycles. The predicted molar refractivity (Wildman–Crippen MR) is 145 cm³/mol. The van der Waals surface area contributed by atoms with E-state index in [0.29, 0.717) is 38.3 Å². The van der Waals surface area contributed by atoms with E-state index in [4.69, 9.17) is 0 Å². The number of nitrogens with one attached hydrogen (secondary N) is 2. The molecule has 0 amide bonds. The lowest BCUT2D eigenvalue weighted by Crippen LogP contribution is -2.39. The van der Waals surface area contributed by atoms with Crippen molar-refractivity contribution < 1.29 is 21.6 Å². The highest BCUT2D eigenvalue weighted by Crippen LogP contribution is 2.38. The number of sulfonamides is 1. The molecule has 39 heavy (non-hydrogen) atoms. The first-order valence-electron chi connectivity index (χ1n) is 12.3. The highest BCUT2D eigenvalue weighted by molar-refractivity contribution is 7.98. The number of thioether (sulfide) groups is 1. The third-order valence-electron chi connectivity index (χ3n) is 6.70. The second-order valence-corrected chi connectivity index (χ2v) is 11.9. The Hall–Kier alpha value is -3.33. The molecule has 1 aromatic carbocycles. The second-order valence-electron chi connectivity index (χ2n) is 9.23. The van der Waals surface area contributed by atoms with Crippen molar-refractivity contribution >= 4 is 50.7 Å². The Morgan fingerprint density at radius 2 is 1.77 bits per heavy atom. The van der Waals surface area contributed by atoms with Gasteiger partial charge in [-0.15, -0.1) is 0 Å². The van der Waals surface area contributed by atoms with Crippen molar-refractivity contribution in [1.82, 2.24) is 19.9 Å². The van der Waals surface area contributed by atoms with Crippen LogP contribution in [0, 0.1) is 5.92 Å². The number of rotatable bonds is 8. The quantitative estimate of drug-likeness (QED) is 0.296. The standard InChI is InChI=1S/C24H27F3N8O2S2/c1-38-23-32-20(30-15-16-5-10-34(11-6-16)22-28-8-2-9-29-22)14-21(33-23)31-18-3-4-19-17(13-18)7-12-35(19)39(36,37)24(25,26)27/h2-4,8-9,13-14,16H,5-7,10-12,15H2,1H3,(H2,30,31,32,33). The molecule has 1 fully saturated rings. The van der Waals surface area contributed by atoms with E-state index in [1.54, 1.807) is 36.7 Å². The molecular weight excluding hydrogens is 553 g/mol. The number of benzene rings is 1. The Labute approximate surface area is 228 Å². The lowest BCUT2D eigenvalue weighted by atomic mass is 9.97. The largest absolute Gasteiger partial charge is 0.516 e. The zero-order chi connectivity index (χ0) is 27.6. The number of piperidine rings is 1. The van der Waals surface area contributed by atoms with E-state index < -0.39 is 15.5 Å². The summed E-state index contributed by atoms with van der Waals surface area (Å²) >= 11 is 1.39. The minimum Gasteiger partial charge on any atom is -0.370 e. The molecule has 0 radical (unpaired) electrons. The highest BCUT2D eigenvalue weighted by Gasteiger charge is 2.51. The van der Waals surface area contributed by atoms with Crippen LogP contribution in [0.2, 0.25) is 0 Å². The maximum atomic E-state index is 13.1. The van der Waals surface area contributed by atoms with Gasteiger partial charge in [0, 0.05) is 50.3 Å². The number of alkyl halides is 3. The minimum absolute atomic E-state index is 0.0394. The fraction of sp³-hybridized carbons (Fsp3) is 0.417. The van der Waals surface area contributed by atoms with Crippen LogP contribution in [-0.2, 0) is 16.4 Å². The first-order chi connectivity index (χ1) is 18.6. The summed E-state index contributed by atoms with van der Waals surface area (Å²) in [7, 11) is -5.44. The van der Waals surface area contributed by atoms with Gasteiger partial charge in [-0.25, -0.2) is 19.9 Å². The Morgan fingerprint density at radius 1 is 1.05 bits per heavy atom. The van der Waals surface area contributed by atoms with Crippen molar-refractivity contribution in [2.45, 2.75) is 29.9 Å². The third kappa shape index (κ3) is 5.98. The third-order valence-corrected chi connectivity index (χ3v) is 8.79. The van der Waals surface area contributed by atoms with Crippen molar-refractivity contribution in [3.63, 3.8) is 0 Å². The summed E-state index contributed by atoms with van der Waals surface area (Å²) in [6.07, 6.45) is 7.53. The second kappa shape index (κ2) is 11.0. The molecule has 5 rings (SSSR count). The molecule has 0 saturated carbocycles. The summed E-state index contributed by atoms with van der Waals surface area (Å²) < 4.78 is 63.4. The maximum Gasteiger partial charge on any atom is 0.516 e. The van der Waals surface area contributed by atoms with Gasteiger partial charge in [0.15, 0.2) is 5.16 Å². The van der Waals surface area contributed by atoms with Crippen LogP contribution < -0.4 is 19.8 Å². The van der Waals surface area contributed by atoms with E-state index in [1.807, 2.05) is 6.26 Å². The molecule has 10 nitrogen and oxygen atoms in total. The maximum absolute atomic E-state index is 13.1. The van der Waals surface area contributed by atoms with Crippen molar-refractivity contribution in [1.29, 1.82) is 0 Å². The summed E-state index contributed by atoms with van der Waals surface area (Å²) in [5.74, 6) is 2.39. The zero-order valence-electron chi connectivity index (χ0n) is 21.0. The summed E-state index contributed by atoms with van der Waals surface area (Å²) in [5.41, 5.74) is -4.21. The van der Waals surface area contributed by atoms with Gasteiger partial charge < -0.3 is 15.5 Å². The van der Waals surface area contributed by atoms with Gasteiger partial charge in [-0.1, -0.05) is 11.8 Å². The minimum atomic E-state index is -5.44. The van der Waals surface area contributed by atoms with Crippen LogP contribution in [0.15, 0.2) is 47.9 Å². The summed E-state index contributed by atoms with van der Waals surface area (Å²) in [6.45, 7) is 2.25. The van der Waals surface area contributed by atoms with E-state index in [9.17, 15) is 21.6 Å². The predicted octanol–water partition coefficient (Wildman–Crippen LogP) is 4.27. The Balaban J connectivity index is 1.23. The molecule has 2 aliphatic rings. The molecule has 0 atom stereocenters. The molecule has 0 spiro atoms. The molecule has 0 bridgehead atoms. The SMILES string of the molecule is CSc1nc(NCC2CCN(c3ncccn3)CC2)cc(Nc2ccc3c(c2)CCN3S(=O)(=O)C(F)(F)F)n1. The van der Waals surface area contributed by atoms with Crippen LogP contribution in [-0.4, -0.2) is 66.3 Å². The van der Waals surface area contributed by atoms with Gasteiger partial charge in [0.05, 0.1) is 5.69 Å². The number of anilines is 5. The molecule has 2 aromatic heterocycles. The van der Waals surface area contributed by atoms with Crippen LogP contribution in [0.5, 0.6) is 0 Å². The van der Waals surface area contributed by atoms with Crippen LogP contribution in [0.25, 0.3) is 0 Å². The van der Waals surface area contributed by atoms with Crippen LogP contribution in [0.3, 0.4) is 0 Å². The fourth-order valence-corrected chi connectivity index (χ4v) is 6.08. The van der Waals surface area contributed by atoms with Gasteiger partial charge in [0.2, 0.25) is 5.95 Å². The number of fused-ring (bicyclic) bond motifs is 1. The summed E-state index contributed by atoms with van der Waals surface area (Å²) in [4.78, 5) is 19.9. The van der Waals surface area contributed by atoms with E-state index in [-0.39, 0.29) is 18.7 Å². The number of halogens is 3. The summed E-state index contributed by atoms with van der Waals surface area (Å²) in [6, 6.07) is 8.16. The Morgan fingerprint density at radius 3 is 2.46 bits per heavy atom. The zero-order valence-corrected chi connectivity index (χ0v) is 22.7. The van der Waals surface area contributed by atoms with Gasteiger partial charge in [-0.3, -0.25) is 4.31 Å². The Bertz CT molecular complexity index is 1420. The molecule has 4 heterocycles. The van der Waals surface area contributed by atoms with Crippen molar-refractivity contribution in [2.24, 2.45) is 5.92 Å². The molecule has 0 aliphatic carbocycles. The highest BCUT2D eigenvalue weighted by atomic mass is 32.2. The van der Waals surface area contributed by atoms with Crippen molar-refractivity contribution in [3.05, 3.63) is 48.3 Å². The van der Waals surface area contributed by atoms with Gasteiger partial charge in [-0.05, 0) is 61.3 Å². The number of hydrogen-bond acceptors (Lipinski definition) is 10. The molecular formula is C24H27F3N8O2S2. The normalized spacial score (nSPS) is 16.3. The van der Waals surface area contributed by atoms with E-state index in [1.165, 1.54) is 17.8 Å². The molecule has 3 aromatic rings. The Kier molecular flexibility index (Phi) is 7.71. The molecule has 15 heteroatoms. The van der Waals surface area contributed by atoms with Crippen LogP contribution in [0.4, 0.5) is 42.1 Å². The van der Waals surface area contributed by atoms with Crippen LogP contribution >= 0.6 is 11.8 Å². The molecule has 1 saturated heterocycles. The van der Waals surface area contributed by atoms with Gasteiger partial charge >= 0.3 is 15.5 Å². The van der Waals surface area contributed by atoms with Gasteiger partial charge in [-0.2, -0.15) is 21.6 Å².